The summed E-state index contributed by atoms with van der Waals surface area (Å²) in [6, 6.07) is 12.2. The summed E-state index contributed by atoms with van der Waals surface area (Å²) >= 11 is 0. The Kier molecular flexibility index (Phi) is 3.74. The number of carbonyl (C=O) groups excluding carboxylic acids is 1. The third-order valence-corrected chi connectivity index (χ3v) is 3.52. The molecule has 0 radical (unpaired) electrons. The Bertz CT molecular complexity index is 580. The summed E-state index contributed by atoms with van der Waals surface area (Å²) < 4.78 is 0. The minimum Gasteiger partial charge on any atom is -0.353 e. The number of nitrogens with one attached hydrogen (secondary N) is 2. The van der Waals surface area contributed by atoms with E-state index in [4.69, 9.17) is 0 Å². The van der Waals surface area contributed by atoms with Crippen molar-refractivity contribution in [3.63, 3.8) is 0 Å². The van der Waals surface area contributed by atoms with Crippen LogP contribution in [0.2, 0.25) is 0 Å². The number of benzene rings is 1. The molecule has 1 aliphatic heterocycles. The number of pyridine rings is 1. The number of hydrogen-bond donors (Lipinski definition) is 2. The lowest BCUT2D eigenvalue weighted by Gasteiger charge is -2.23. The maximum absolute atomic E-state index is 11.7. The highest BCUT2D eigenvalue weighted by Crippen LogP contribution is 2.19. The van der Waals surface area contributed by atoms with Crippen molar-refractivity contribution in [3.8, 4) is 11.1 Å². The minimum absolute atomic E-state index is 0.0904. The molecule has 1 aliphatic rings. The van der Waals surface area contributed by atoms with Crippen LogP contribution in [-0.2, 0) is 11.2 Å². The van der Waals surface area contributed by atoms with Gasteiger partial charge in [-0.15, -0.1) is 0 Å². The normalized spacial score (nSPS) is 18.6. The van der Waals surface area contributed by atoms with Crippen LogP contribution in [0, 0.1) is 0 Å². The first-order valence-corrected chi connectivity index (χ1v) is 6.83. The van der Waals surface area contributed by atoms with Gasteiger partial charge in [0.25, 0.3) is 0 Å². The summed E-state index contributed by atoms with van der Waals surface area (Å²) in [5, 5.41) is 6.12. The molecule has 0 spiro atoms. The van der Waals surface area contributed by atoms with Gasteiger partial charge in [-0.25, -0.2) is 0 Å². The second-order valence-electron chi connectivity index (χ2n) is 4.94. The molecular formula is C16H17N3O. The van der Waals surface area contributed by atoms with Crippen LogP contribution in [0.25, 0.3) is 11.1 Å². The van der Waals surface area contributed by atoms with Crippen LogP contribution in [0.4, 0.5) is 0 Å². The highest BCUT2D eigenvalue weighted by molar-refractivity contribution is 5.82. The van der Waals surface area contributed by atoms with Gasteiger partial charge in [0.15, 0.2) is 0 Å². The van der Waals surface area contributed by atoms with Crippen LogP contribution < -0.4 is 10.6 Å². The molecule has 2 heterocycles. The lowest BCUT2D eigenvalue weighted by atomic mass is 10.0. The van der Waals surface area contributed by atoms with Crippen molar-refractivity contribution in [2.75, 3.05) is 13.1 Å². The van der Waals surface area contributed by atoms with Crippen LogP contribution >= 0.6 is 0 Å². The summed E-state index contributed by atoms with van der Waals surface area (Å²) in [7, 11) is 0. The van der Waals surface area contributed by atoms with E-state index in [1.807, 2.05) is 18.3 Å². The van der Waals surface area contributed by atoms with Gasteiger partial charge in [0.2, 0.25) is 5.91 Å². The maximum Gasteiger partial charge on any atom is 0.237 e. The van der Waals surface area contributed by atoms with Crippen molar-refractivity contribution in [2.45, 2.75) is 12.5 Å². The standard InChI is InChI=1S/C16H17N3O/c20-16-15(18-8-9-19-16)10-12-3-5-13(6-4-12)14-2-1-7-17-11-14/h1-7,11,15,18H,8-10H2,(H,19,20)/t15-/m0/s1. The van der Waals surface area contributed by atoms with Crippen LogP contribution in [0.1, 0.15) is 5.56 Å². The zero-order chi connectivity index (χ0) is 13.8. The van der Waals surface area contributed by atoms with Gasteiger partial charge in [0.05, 0.1) is 6.04 Å². The van der Waals surface area contributed by atoms with Crippen molar-refractivity contribution < 1.29 is 4.79 Å². The van der Waals surface area contributed by atoms with E-state index in [0.717, 1.165) is 36.2 Å². The van der Waals surface area contributed by atoms with Crippen molar-refractivity contribution in [1.82, 2.24) is 15.6 Å². The predicted octanol–water partition coefficient (Wildman–Crippen LogP) is 1.38. The Balaban J connectivity index is 1.72. The van der Waals surface area contributed by atoms with Gasteiger partial charge in [0, 0.05) is 25.5 Å². The number of hydrogen-bond acceptors (Lipinski definition) is 3. The molecule has 4 nitrogen and oxygen atoms in total. The molecule has 1 fully saturated rings. The molecule has 102 valence electrons. The molecule has 1 aromatic carbocycles. The van der Waals surface area contributed by atoms with Gasteiger partial charge < -0.3 is 10.6 Å². The second-order valence-corrected chi connectivity index (χ2v) is 4.94. The second kappa shape index (κ2) is 5.84. The minimum atomic E-state index is -0.118. The number of aromatic nitrogens is 1. The quantitative estimate of drug-likeness (QED) is 0.883. The molecule has 1 aromatic heterocycles. The third kappa shape index (κ3) is 2.86. The predicted molar refractivity (Wildman–Crippen MR) is 78.2 cm³/mol. The number of amides is 1. The Morgan fingerprint density at radius 3 is 2.65 bits per heavy atom. The van der Waals surface area contributed by atoms with Crippen LogP contribution in [-0.4, -0.2) is 30.0 Å². The molecule has 2 N–H and O–H groups in total. The molecule has 1 saturated heterocycles. The van der Waals surface area contributed by atoms with E-state index < -0.39 is 0 Å². The Labute approximate surface area is 118 Å². The molecule has 3 rings (SSSR count). The average molecular weight is 267 g/mol. The largest absolute Gasteiger partial charge is 0.353 e. The van der Waals surface area contributed by atoms with Gasteiger partial charge in [-0.2, -0.15) is 0 Å². The first-order chi connectivity index (χ1) is 9.83. The summed E-state index contributed by atoms with van der Waals surface area (Å²) in [5.74, 6) is 0.0904. The number of nitrogens with zero attached hydrogens (tertiary/aromatic N) is 1. The van der Waals surface area contributed by atoms with E-state index in [1.165, 1.54) is 0 Å². The van der Waals surface area contributed by atoms with Crippen LogP contribution in [0.15, 0.2) is 48.8 Å². The molecule has 2 aromatic rings. The summed E-state index contributed by atoms with van der Waals surface area (Å²) in [5.41, 5.74) is 3.41. The highest BCUT2D eigenvalue weighted by Gasteiger charge is 2.21. The molecule has 0 bridgehead atoms. The van der Waals surface area contributed by atoms with Gasteiger partial charge in [0.1, 0.15) is 0 Å². The number of piperazine rings is 1. The van der Waals surface area contributed by atoms with E-state index in [9.17, 15) is 4.79 Å². The lowest BCUT2D eigenvalue weighted by molar-refractivity contribution is -0.124. The number of rotatable bonds is 3. The summed E-state index contributed by atoms with van der Waals surface area (Å²) in [6.45, 7) is 1.56. The molecule has 1 atom stereocenters. The molecule has 0 aliphatic carbocycles. The molecule has 0 saturated carbocycles. The van der Waals surface area contributed by atoms with Crippen molar-refractivity contribution in [2.24, 2.45) is 0 Å². The first kappa shape index (κ1) is 12.8. The van der Waals surface area contributed by atoms with E-state index in [1.54, 1.807) is 6.20 Å². The topological polar surface area (TPSA) is 54.0 Å². The average Bonchev–Trinajstić information content (AvgIpc) is 2.51. The Morgan fingerprint density at radius 2 is 1.95 bits per heavy atom. The van der Waals surface area contributed by atoms with E-state index in [-0.39, 0.29) is 11.9 Å². The Morgan fingerprint density at radius 1 is 1.10 bits per heavy atom. The highest BCUT2D eigenvalue weighted by atomic mass is 16.2. The fraction of sp³-hybridized carbons (Fsp3) is 0.250. The van der Waals surface area contributed by atoms with E-state index >= 15 is 0 Å². The molecule has 1 amide bonds. The molecule has 4 heteroatoms. The van der Waals surface area contributed by atoms with Crippen molar-refractivity contribution in [3.05, 3.63) is 54.4 Å². The van der Waals surface area contributed by atoms with Crippen molar-refractivity contribution >= 4 is 5.91 Å². The first-order valence-electron chi connectivity index (χ1n) is 6.83. The zero-order valence-corrected chi connectivity index (χ0v) is 11.2. The van der Waals surface area contributed by atoms with Gasteiger partial charge in [-0.05, 0) is 29.2 Å². The fourth-order valence-corrected chi connectivity index (χ4v) is 2.42. The van der Waals surface area contributed by atoms with Gasteiger partial charge in [-0.3, -0.25) is 9.78 Å². The lowest BCUT2D eigenvalue weighted by Crippen LogP contribution is -2.53. The van der Waals surface area contributed by atoms with E-state index in [2.05, 4.69) is 39.9 Å². The SMILES string of the molecule is O=C1NCCN[C@H]1Cc1ccc(-c2cccnc2)cc1. The Hall–Kier alpha value is -2.20. The summed E-state index contributed by atoms with van der Waals surface area (Å²) in [6.07, 6.45) is 4.34. The third-order valence-electron chi connectivity index (χ3n) is 3.52. The summed E-state index contributed by atoms with van der Waals surface area (Å²) in [4.78, 5) is 15.8. The van der Waals surface area contributed by atoms with Crippen molar-refractivity contribution in [1.29, 1.82) is 0 Å². The molecular weight excluding hydrogens is 250 g/mol. The number of carbonyl (C=O) groups is 1. The maximum atomic E-state index is 11.7. The smallest absolute Gasteiger partial charge is 0.237 e. The molecule has 20 heavy (non-hydrogen) atoms. The van der Waals surface area contributed by atoms with Crippen LogP contribution in [0.5, 0.6) is 0 Å². The zero-order valence-electron chi connectivity index (χ0n) is 11.2. The fourth-order valence-electron chi connectivity index (χ4n) is 2.42. The molecule has 0 unspecified atom stereocenters. The van der Waals surface area contributed by atoms with Crippen LogP contribution in [0.3, 0.4) is 0 Å². The van der Waals surface area contributed by atoms with E-state index in [0.29, 0.717) is 0 Å². The monoisotopic (exact) mass is 267 g/mol. The van der Waals surface area contributed by atoms with Gasteiger partial charge in [-0.1, -0.05) is 30.3 Å². The van der Waals surface area contributed by atoms with Gasteiger partial charge >= 0.3 is 0 Å².